The second-order valence-electron chi connectivity index (χ2n) is 3.42. The van der Waals surface area contributed by atoms with Gasteiger partial charge in [-0.05, 0) is 61.6 Å². The van der Waals surface area contributed by atoms with Gasteiger partial charge >= 0.3 is 5.97 Å². The Morgan fingerprint density at radius 1 is 1.00 bits per heavy atom. The van der Waals surface area contributed by atoms with E-state index in [1.807, 2.05) is 13.8 Å². The molecule has 0 bridgehead atoms. The summed E-state index contributed by atoms with van der Waals surface area (Å²) >= 11 is 10.2. The first kappa shape index (κ1) is 17.5. The average molecular weight is 473 g/mol. The van der Waals surface area contributed by atoms with Crippen molar-refractivity contribution in [3.63, 3.8) is 0 Å². The Hall–Kier alpha value is -0.530. The van der Waals surface area contributed by atoms with Crippen LogP contribution in [0.25, 0.3) is 0 Å². The van der Waals surface area contributed by atoms with E-state index in [1.165, 1.54) is 0 Å². The number of halogens is 3. The summed E-state index contributed by atoms with van der Waals surface area (Å²) in [6.07, 6.45) is 1.08. The summed E-state index contributed by atoms with van der Waals surface area (Å²) in [5.41, 5.74) is 0. The van der Waals surface area contributed by atoms with Gasteiger partial charge in [-0.2, -0.15) is 0 Å². The summed E-state index contributed by atoms with van der Waals surface area (Å²) in [4.78, 5) is 11.5. The van der Waals surface area contributed by atoms with E-state index in [2.05, 4.69) is 54.4 Å². The third-order valence-electron chi connectivity index (χ3n) is 2.14. The van der Waals surface area contributed by atoms with Crippen molar-refractivity contribution in [3.05, 3.63) is 26.1 Å². The van der Waals surface area contributed by atoms with E-state index in [0.717, 1.165) is 6.08 Å². The molecule has 0 aromatic heterocycles. The third kappa shape index (κ3) is 3.77. The van der Waals surface area contributed by atoms with Crippen molar-refractivity contribution >= 4 is 53.8 Å². The van der Waals surface area contributed by atoms with E-state index in [0.29, 0.717) is 38.1 Å². The van der Waals surface area contributed by atoms with Gasteiger partial charge < -0.3 is 14.2 Å². The molecule has 0 unspecified atom stereocenters. The lowest BCUT2D eigenvalue weighted by molar-refractivity contribution is -0.129. The fourth-order valence-corrected chi connectivity index (χ4v) is 2.96. The lowest BCUT2D eigenvalue weighted by Crippen LogP contribution is -2.08. The van der Waals surface area contributed by atoms with Gasteiger partial charge in [0, 0.05) is 6.08 Å². The summed E-state index contributed by atoms with van der Waals surface area (Å²) in [5.74, 6) is 0.487. The molecule has 0 N–H and O–H groups in total. The maximum absolute atomic E-state index is 11.5. The van der Waals surface area contributed by atoms with Crippen LogP contribution in [0.3, 0.4) is 0 Å². The topological polar surface area (TPSA) is 44.8 Å². The predicted octanol–water partition coefficient (Wildman–Crippen LogP) is 4.86. The number of rotatable bonds is 6. The maximum Gasteiger partial charge on any atom is 0.335 e. The Morgan fingerprint density at radius 2 is 1.50 bits per heavy atom. The highest BCUT2D eigenvalue weighted by atomic mass is 79.9. The molecule has 0 saturated heterocycles. The van der Waals surface area contributed by atoms with Crippen LogP contribution in [0.15, 0.2) is 26.1 Å². The van der Waals surface area contributed by atoms with Crippen LogP contribution in [-0.4, -0.2) is 19.2 Å². The number of carbonyl (C=O) groups is 1. The van der Waals surface area contributed by atoms with E-state index in [1.54, 1.807) is 0 Å². The molecule has 20 heavy (non-hydrogen) atoms. The van der Waals surface area contributed by atoms with Crippen LogP contribution in [0.2, 0.25) is 0 Å². The molecule has 0 aliphatic carbocycles. The highest BCUT2D eigenvalue weighted by Gasteiger charge is 2.25. The first-order chi connectivity index (χ1) is 9.47. The molecule has 110 valence electrons. The van der Waals surface area contributed by atoms with Crippen molar-refractivity contribution in [1.82, 2.24) is 0 Å². The Bertz CT molecular complexity index is 529. The van der Waals surface area contributed by atoms with Gasteiger partial charge in [0.15, 0.2) is 11.5 Å². The summed E-state index contributed by atoms with van der Waals surface area (Å²) in [5, 5.41) is 0. The summed E-state index contributed by atoms with van der Waals surface area (Å²) in [7, 11) is 0. The number of esters is 1. The van der Waals surface area contributed by atoms with Crippen molar-refractivity contribution in [2.45, 2.75) is 13.8 Å². The van der Waals surface area contributed by atoms with Crippen molar-refractivity contribution in [2.24, 2.45) is 0 Å². The van der Waals surface area contributed by atoms with E-state index >= 15 is 0 Å². The molecular weight excluding hydrogens is 460 g/mol. The van der Waals surface area contributed by atoms with E-state index in [9.17, 15) is 4.79 Å². The van der Waals surface area contributed by atoms with Crippen molar-refractivity contribution < 1.29 is 19.0 Å². The molecule has 0 fully saturated rings. The second-order valence-corrected chi connectivity index (χ2v) is 5.80. The molecule has 0 radical (unpaired) electrons. The monoisotopic (exact) mass is 470 g/mol. The van der Waals surface area contributed by atoms with E-state index < -0.39 is 5.97 Å². The molecule has 0 heterocycles. The summed E-state index contributed by atoms with van der Waals surface area (Å²) < 4.78 is 18.3. The number of ether oxygens (including phenoxy) is 3. The highest BCUT2D eigenvalue weighted by Crippen LogP contribution is 2.52. The van der Waals surface area contributed by atoms with E-state index in [4.69, 9.17) is 14.2 Å². The zero-order valence-electron chi connectivity index (χ0n) is 11.0. The molecule has 7 heteroatoms. The highest BCUT2D eigenvalue weighted by molar-refractivity contribution is 9.14. The van der Waals surface area contributed by atoms with Crippen molar-refractivity contribution in [3.8, 4) is 17.2 Å². The van der Waals surface area contributed by atoms with Crippen LogP contribution >= 0.6 is 47.8 Å². The molecule has 0 saturated carbocycles. The van der Waals surface area contributed by atoms with Gasteiger partial charge in [-0.3, -0.25) is 0 Å². The number of benzene rings is 1. The molecule has 0 atom stereocenters. The molecule has 1 aromatic carbocycles. The fourth-order valence-electron chi connectivity index (χ4n) is 1.38. The quantitative estimate of drug-likeness (QED) is 0.256. The smallest absolute Gasteiger partial charge is 0.335 e. The first-order valence-electron chi connectivity index (χ1n) is 5.78. The van der Waals surface area contributed by atoms with Gasteiger partial charge in [-0.1, -0.05) is 6.58 Å². The molecule has 4 nitrogen and oxygen atoms in total. The molecule has 0 aliphatic heterocycles. The average Bonchev–Trinajstić information content (AvgIpc) is 2.44. The van der Waals surface area contributed by atoms with Crippen LogP contribution in [0.5, 0.6) is 17.2 Å². The zero-order chi connectivity index (χ0) is 15.3. The van der Waals surface area contributed by atoms with Crippen molar-refractivity contribution in [1.29, 1.82) is 0 Å². The summed E-state index contributed by atoms with van der Waals surface area (Å²) in [6, 6.07) is 0. The lowest BCUT2D eigenvalue weighted by Gasteiger charge is -2.18. The number of hydrogen-bond donors (Lipinski definition) is 0. The molecule has 0 spiro atoms. The van der Waals surface area contributed by atoms with Gasteiger partial charge in [0.05, 0.1) is 26.6 Å². The van der Waals surface area contributed by atoms with Gasteiger partial charge in [0.25, 0.3) is 0 Å². The normalized spacial score (nSPS) is 10.1. The Labute approximate surface area is 142 Å². The number of hydrogen-bond acceptors (Lipinski definition) is 4. The number of carbonyl (C=O) groups excluding carboxylic acids is 1. The molecular formula is C13H13Br3O4. The van der Waals surface area contributed by atoms with Crippen LogP contribution in [0, 0.1) is 0 Å². The lowest BCUT2D eigenvalue weighted by atomic mass is 10.3. The van der Waals surface area contributed by atoms with Gasteiger partial charge in [0.1, 0.15) is 0 Å². The Balaban J connectivity index is 3.51. The third-order valence-corrected chi connectivity index (χ3v) is 5.51. The van der Waals surface area contributed by atoms with Gasteiger partial charge in [0.2, 0.25) is 5.75 Å². The second kappa shape index (κ2) is 8.05. The molecule has 0 amide bonds. The van der Waals surface area contributed by atoms with E-state index in [-0.39, 0.29) is 5.75 Å². The Morgan fingerprint density at radius 3 is 2.00 bits per heavy atom. The first-order valence-corrected chi connectivity index (χ1v) is 8.16. The van der Waals surface area contributed by atoms with Gasteiger partial charge in [-0.25, -0.2) is 4.79 Å². The van der Waals surface area contributed by atoms with Gasteiger partial charge in [-0.15, -0.1) is 0 Å². The van der Waals surface area contributed by atoms with Crippen molar-refractivity contribution in [2.75, 3.05) is 13.2 Å². The maximum atomic E-state index is 11.5. The largest absolute Gasteiger partial charge is 0.489 e. The van der Waals surface area contributed by atoms with Crippen LogP contribution < -0.4 is 14.2 Å². The minimum Gasteiger partial charge on any atom is -0.489 e. The molecule has 1 aromatic rings. The van der Waals surface area contributed by atoms with Crippen LogP contribution in [0.4, 0.5) is 0 Å². The SMILES string of the molecule is C=CC(=O)Oc1c(Br)c(Br)c(Br)c(OCC)c1OCC. The van der Waals surface area contributed by atoms with Crippen LogP contribution in [-0.2, 0) is 4.79 Å². The summed E-state index contributed by atoms with van der Waals surface area (Å²) in [6.45, 7) is 7.91. The Kier molecular flexibility index (Phi) is 7.05. The molecule has 1 rings (SSSR count). The predicted molar refractivity (Wildman–Crippen MR) is 87.7 cm³/mol. The minimum absolute atomic E-state index is 0.246. The fraction of sp³-hybridized carbons (Fsp3) is 0.308. The minimum atomic E-state index is -0.580. The molecule has 0 aliphatic rings. The zero-order valence-corrected chi connectivity index (χ0v) is 15.7. The standard InChI is InChI=1S/C13H13Br3O4/c1-4-7(17)20-12-10(16)8(14)9(15)11(18-5-2)13(12)19-6-3/h4H,1,5-6H2,2-3H3. The van der Waals surface area contributed by atoms with Crippen LogP contribution in [0.1, 0.15) is 13.8 Å².